The Bertz CT molecular complexity index is 981. The van der Waals surface area contributed by atoms with E-state index < -0.39 is 11.6 Å². The van der Waals surface area contributed by atoms with Gasteiger partial charge < -0.3 is 14.5 Å². The number of nitrogens with one attached hydrogen (secondary N) is 1. The zero-order chi connectivity index (χ0) is 19.6. The van der Waals surface area contributed by atoms with Crippen molar-refractivity contribution in [2.24, 2.45) is 0 Å². The fraction of sp³-hybridized carbons (Fsp3) is 0.273. The first-order chi connectivity index (χ1) is 12.7. The molecular formula is C22H23NO4. The fourth-order valence-electron chi connectivity index (χ4n) is 2.85. The second-order valence-corrected chi connectivity index (χ2v) is 7.41. The quantitative estimate of drug-likeness (QED) is 0.515. The van der Waals surface area contributed by atoms with Crippen molar-refractivity contribution >= 4 is 22.7 Å². The van der Waals surface area contributed by atoms with Gasteiger partial charge in [0, 0.05) is 10.9 Å². The average molecular weight is 365 g/mol. The first-order valence-electron chi connectivity index (χ1n) is 8.81. The molecule has 27 heavy (non-hydrogen) atoms. The summed E-state index contributed by atoms with van der Waals surface area (Å²) in [4.78, 5) is 27.8. The monoisotopic (exact) mass is 365 g/mol. The lowest BCUT2D eigenvalue weighted by Gasteiger charge is -2.19. The highest BCUT2D eigenvalue weighted by atomic mass is 16.6. The number of hydrogen-bond donors (Lipinski definition) is 1. The average Bonchev–Trinajstić information content (AvgIpc) is 2.98. The lowest BCUT2D eigenvalue weighted by molar-refractivity contribution is 0.00621. The van der Waals surface area contributed by atoms with Crippen LogP contribution in [0, 0.1) is 0 Å². The van der Waals surface area contributed by atoms with Crippen molar-refractivity contribution in [1.82, 2.24) is 4.98 Å². The normalized spacial score (nSPS) is 11.4. The summed E-state index contributed by atoms with van der Waals surface area (Å²) < 4.78 is 11.3. The first-order valence-corrected chi connectivity index (χ1v) is 8.81. The van der Waals surface area contributed by atoms with E-state index in [0.29, 0.717) is 28.8 Å². The van der Waals surface area contributed by atoms with Crippen molar-refractivity contribution in [3.05, 3.63) is 65.4 Å². The topological polar surface area (TPSA) is 68.4 Å². The van der Waals surface area contributed by atoms with Gasteiger partial charge in [0.2, 0.25) is 0 Å². The summed E-state index contributed by atoms with van der Waals surface area (Å²) >= 11 is 0. The number of ether oxygens (including phenoxy) is 2. The van der Waals surface area contributed by atoms with Gasteiger partial charge in [0.25, 0.3) is 0 Å². The molecule has 3 aromatic rings. The van der Waals surface area contributed by atoms with Gasteiger partial charge in [-0.1, -0.05) is 30.3 Å². The lowest BCUT2D eigenvalue weighted by Crippen LogP contribution is -2.25. The van der Waals surface area contributed by atoms with Crippen LogP contribution in [-0.2, 0) is 11.3 Å². The number of rotatable bonds is 5. The molecule has 0 fully saturated rings. The van der Waals surface area contributed by atoms with Crippen molar-refractivity contribution in [1.29, 1.82) is 0 Å². The molecule has 0 bridgehead atoms. The van der Waals surface area contributed by atoms with E-state index in [2.05, 4.69) is 4.98 Å². The molecule has 1 N–H and O–H groups in total. The summed E-state index contributed by atoms with van der Waals surface area (Å²) in [7, 11) is 0. The van der Waals surface area contributed by atoms with E-state index in [1.807, 2.05) is 36.4 Å². The Morgan fingerprint density at radius 1 is 1.04 bits per heavy atom. The molecule has 1 aromatic heterocycles. The van der Waals surface area contributed by atoms with Crippen molar-refractivity contribution < 1.29 is 19.1 Å². The highest BCUT2D eigenvalue weighted by Gasteiger charge is 2.26. The van der Waals surface area contributed by atoms with Crippen LogP contribution in [0.2, 0.25) is 0 Å². The zero-order valence-electron chi connectivity index (χ0n) is 16.0. The summed E-state index contributed by atoms with van der Waals surface area (Å²) in [5, 5.41) is 0.647. The summed E-state index contributed by atoms with van der Waals surface area (Å²) in [6.07, 6.45) is 0. The van der Waals surface area contributed by atoms with Crippen LogP contribution < -0.4 is 4.74 Å². The Morgan fingerprint density at radius 2 is 1.74 bits per heavy atom. The molecule has 5 heteroatoms. The van der Waals surface area contributed by atoms with E-state index in [0.717, 1.165) is 5.56 Å². The van der Waals surface area contributed by atoms with E-state index in [4.69, 9.17) is 9.47 Å². The molecule has 5 nitrogen and oxygen atoms in total. The van der Waals surface area contributed by atoms with Crippen molar-refractivity contribution in [3.8, 4) is 5.75 Å². The van der Waals surface area contributed by atoms with Crippen molar-refractivity contribution in [2.75, 3.05) is 0 Å². The van der Waals surface area contributed by atoms with Gasteiger partial charge in [0.05, 0.1) is 5.56 Å². The number of fused-ring (bicyclic) bond motifs is 1. The van der Waals surface area contributed by atoms with Crippen LogP contribution >= 0.6 is 0 Å². The van der Waals surface area contributed by atoms with Crippen LogP contribution in [-0.4, -0.2) is 22.3 Å². The summed E-state index contributed by atoms with van der Waals surface area (Å²) in [5.41, 5.74) is 1.59. The predicted molar refractivity (Wildman–Crippen MR) is 104 cm³/mol. The Balaban J connectivity index is 1.94. The van der Waals surface area contributed by atoms with Gasteiger partial charge in [0.15, 0.2) is 5.78 Å². The number of Topliss-reactive ketones (excluding diaryl/α,β-unsaturated/α-hetero) is 1. The second-order valence-electron chi connectivity index (χ2n) is 7.41. The van der Waals surface area contributed by atoms with Crippen LogP contribution in [0.1, 0.15) is 54.1 Å². The molecule has 0 aliphatic heterocycles. The number of carbonyl (C=O) groups is 2. The largest absolute Gasteiger partial charge is 0.489 e. The summed E-state index contributed by atoms with van der Waals surface area (Å²) in [6.45, 7) is 7.22. The molecule has 0 atom stereocenters. The fourth-order valence-corrected chi connectivity index (χ4v) is 2.85. The van der Waals surface area contributed by atoms with Crippen LogP contribution in [0.15, 0.2) is 48.5 Å². The van der Waals surface area contributed by atoms with Crippen LogP contribution in [0.5, 0.6) is 5.75 Å². The Hall–Kier alpha value is -3.08. The second kappa shape index (κ2) is 7.27. The zero-order valence-corrected chi connectivity index (χ0v) is 16.0. The Kier molecular flexibility index (Phi) is 5.04. The van der Waals surface area contributed by atoms with E-state index in [1.165, 1.54) is 6.92 Å². The summed E-state index contributed by atoms with van der Waals surface area (Å²) in [6, 6.07) is 15.2. The van der Waals surface area contributed by atoms with E-state index >= 15 is 0 Å². The van der Waals surface area contributed by atoms with Gasteiger partial charge >= 0.3 is 5.97 Å². The molecule has 0 aliphatic rings. The van der Waals surface area contributed by atoms with E-state index in [9.17, 15) is 9.59 Å². The minimum Gasteiger partial charge on any atom is -0.489 e. The molecule has 0 saturated carbocycles. The minimum atomic E-state index is -0.646. The maximum Gasteiger partial charge on any atom is 0.356 e. The van der Waals surface area contributed by atoms with E-state index in [1.54, 1.807) is 32.9 Å². The predicted octanol–water partition coefficient (Wildman–Crippen LogP) is 4.90. The summed E-state index contributed by atoms with van der Waals surface area (Å²) in [5.74, 6) is -0.124. The minimum absolute atomic E-state index is 0.174. The number of carbonyl (C=O) groups excluding carboxylic acids is 2. The van der Waals surface area contributed by atoms with Gasteiger partial charge in [-0.25, -0.2) is 4.79 Å². The third-order valence-corrected chi connectivity index (χ3v) is 3.97. The molecule has 0 saturated heterocycles. The van der Waals surface area contributed by atoms with Gasteiger partial charge in [-0.15, -0.1) is 0 Å². The molecule has 3 rings (SSSR count). The van der Waals surface area contributed by atoms with Crippen LogP contribution in [0.3, 0.4) is 0 Å². The third kappa shape index (κ3) is 4.37. The van der Waals surface area contributed by atoms with Crippen LogP contribution in [0.25, 0.3) is 10.9 Å². The number of aromatic nitrogens is 1. The molecular weight excluding hydrogens is 342 g/mol. The standard InChI is InChI=1S/C22H23NO4/c1-14(24)19-17-12-16(26-13-15-8-6-5-7-9-15)10-11-18(17)23-20(19)21(25)27-22(2,3)4/h5-12,23H,13H2,1-4H3. The maximum absolute atomic E-state index is 12.5. The number of esters is 1. The van der Waals surface area contributed by atoms with Crippen molar-refractivity contribution in [3.63, 3.8) is 0 Å². The number of aromatic amines is 1. The molecule has 0 aliphatic carbocycles. The van der Waals surface area contributed by atoms with Gasteiger partial charge in [-0.3, -0.25) is 4.79 Å². The van der Waals surface area contributed by atoms with E-state index in [-0.39, 0.29) is 11.5 Å². The smallest absolute Gasteiger partial charge is 0.356 e. The molecule has 0 amide bonds. The van der Waals surface area contributed by atoms with Gasteiger partial charge in [0.1, 0.15) is 23.7 Å². The van der Waals surface area contributed by atoms with Crippen molar-refractivity contribution in [2.45, 2.75) is 39.9 Å². The van der Waals surface area contributed by atoms with Crippen LogP contribution in [0.4, 0.5) is 0 Å². The lowest BCUT2D eigenvalue weighted by atomic mass is 10.1. The SMILES string of the molecule is CC(=O)c1c(C(=O)OC(C)(C)C)[nH]c2ccc(OCc3ccccc3)cc12. The number of benzene rings is 2. The third-order valence-electron chi connectivity index (χ3n) is 3.97. The Labute approximate surface area is 158 Å². The number of ketones is 1. The molecule has 140 valence electrons. The molecule has 0 radical (unpaired) electrons. The molecule has 2 aromatic carbocycles. The number of hydrogen-bond acceptors (Lipinski definition) is 4. The number of H-pyrrole nitrogens is 1. The Morgan fingerprint density at radius 3 is 2.37 bits per heavy atom. The molecule has 0 spiro atoms. The van der Waals surface area contributed by atoms with Gasteiger partial charge in [-0.2, -0.15) is 0 Å². The highest BCUT2D eigenvalue weighted by Crippen LogP contribution is 2.29. The van der Waals surface area contributed by atoms with Gasteiger partial charge in [-0.05, 0) is 51.5 Å². The first kappa shape index (κ1) is 18.7. The maximum atomic E-state index is 12.5. The molecule has 1 heterocycles. The highest BCUT2D eigenvalue weighted by molar-refractivity contribution is 6.14. The molecule has 0 unspecified atom stereocenters.